The predicted octanol–water partition coefficient (Wildman–Crippen LogP) is 2.92. The summed E-state index contributed by atoms with van der Waals surface area (Å²) < 4.78 is 40.7. The highest BCUT2D eigenvalue weighted by molar-refractivity contribution is 5.98. The lowest BCUT2D eigenvalue weighted by Gasteiger charge is -2.19. The third-order valence-electron chi connectivity index (χ3n) is 6.57. The van der Waals surface area contributed by atoms with Crippen LogP contribution < -0.4 is 33.3 Å². The average Bonchev–Trinajstić information content (AvgIpc) is 2.94. The summed E-state index contributed by atoms with van der Waals surface area (Å²) in [5.74, 6) is -2.47. The van der Waals surface area contributed by atoms with Gasteiger partial charge in [-0.25, -0.2) is 9.59 Å². The second-order valence-electron chi connectivity index (χ2n) is 9.80. The summed E-state index contributed by atoms with van der Waals surface area (Å²) in [5.41, 5.74) is 2.05. The molecule has 6 N–H and O–H groups in total. The first-order chi connectivity index (χ1) is 19.9. The van der Waals surface area contributed by atoms with Crippen LogP contribution in [0.3, 0.4) is 0 Å². The normalized spacial score (nSPS) is 10.9. The smallest absolute Gasteiger partial charge is 0.416 e. The van der Waals surface area contributed by atoms with Crippen molar-refractivity contribution >= 4 is 40.4 Å². The number of quaternary nitrogens is 1. The molecule has 4 aromatic carbocycles. The fraction of sp³-hybridized carbons (Fsp3) is 0.161. The van der Waals surface area contributed by atoms with Crippen molar-refractivity contribution in [3.8, 4) is 0 Å². The van der Waals surface area contributed by atoms with Crippen molar-refractivity contribution in [3.05, 3.63) is 113 Å². The van der Waals surface area contributed by atoms with E-state index in [0.29, 0.717) is 13.1 Å². The van der Waals surface area contributed by atoms with E-state index in [-0.39, 0.29) is 46.3 Å². The number of hydrogen-bond acceptors (Lipinski definition) is 5. The van der Waals surface area contributed by atoms with Crippen LogP contribution >= 0.6 is 0 Å². The fourth-order valence-corrected chi connectivity index (χ4v) is 4.34. The fourth-order valence-electron chi connectivity index (χ4n) is 4.34. The maximum Gasteiger partial charge on any atom is 0.416 e. The first-order valence-electron chi connectivity index (χ1n) is 12.9. The molecule has 4 rings (SSSR count). The number of benzene rings is 4. The third-order valence-corrected chi connectivity index (χ3v) is 6.57. The highest BCUT2D eigenvalue weighted by Crippen LogP contribution is 2.37. The first kappa shape index (κ1) is 32.8. The lowest BCUT2D eigenvalue weighted by atomic mass is 10.1. The first-order valence-corrected chi connectivity index (χ1v) is 12.9. The Morgan fingerprint density at radius 3 is 1.91 bits per heavy atom. The van der Waals surface area contributed by atoms with Crippen molar-refractivity contribution in [2.45, 2.75) is 19.3 Å². The van der Waals surface area contributed by atoms with Gasteiger partial charge in [0.2, 0.25) is 0 Å². The maximum absolute atomic E-state index is 13.6. The number of rotatable bonds is 11. The number of carboxylic acids is 2. The summed E-state index contributed by atoms with van der Waals surface area (Å²) in [6.07, 6.45) is -4.66. The van der Waals surface area contributed by atoms with E-state index < -0.39 is 23.7 Å². The van der Waals surface area contributed by atoms with E-state index in [1.807, 2.05) is 48.6 Å². The molecule has 0 unspecified atom stereocenters. The van der Waals surface area contributed by atoms with Crippen LogP contribution in [-0.4, -0.2) is 36.2 Å². The molecule has 0 amide bonds. The zero-order valence-electron chi connectivity index (χ0n) is 23.2. The topological polar surface area (TPSA) is 119 Å². The van der Waals surface area contributed by atoms with E-state index in [1.165, 1.54) is 36.4 Å². The molecule has 8 nitrogen and oxygen atoms in total. The zero-order chi connectivity index (χ0) is 30.4. The van der Waals surface area contributed by atoms with Gasteiger partial charge in [-0.05, 0) is 54.6 Å². The lowest BCUT2D eigenvalue weighted by molar-refractivity contribution is -0.686. The maximum atomic E-state index is 13.6. The van der Waals surface area contributed by atoms with Gasteiger partial charge in [-0.1, -0.05) is 30.3 Å². The molecule has 0 bridgehead atoms. The van der Waals surface area contributed by atoms with Gasteiger partial charge >= 0.3 is 18.1 Å². The summed E-state index contributed by atoms with van der Waals surface area (Å²) in [6.45, 7) is 1.16. The minimum Gasteiger partial charge on any atom is -1.00 e. The van der Waals surface area contributed by atoms with Gasteiger partial charge in [0, 0.05) is 30.9 Å². The van der Waals surface area contributed by atoms with Gasteiger partial charge in [-0.3, -0.25) is 0 Å². The van der Waals surface area contributed by atoms with Gasteiger partial charge in [-0.2, -0.15) is 13.2 Å². The Kier molecular flexibility index (Phi) is 10.6. The number of carbonyl (C=O) groups is 2. The Hall–Kier alpha value is -4.74. The molecule has 0 saturated carbocycles. The van der Waals surface area contributed by atoms with Crippen molar-refractivity contribution in [1.82, 2.24) is 0 Å². The van der Waals surface area contributed by atoms with Crippen molar-refractivity contribution < 1.29 is 50.7 Å². The summed E-state index contributed by atoms with van der Waals surface area (Å²) in [4.78, 5) is 25.8. The van der Waals surface area contributed by atoms with Gasteiger partial charge < -0.3 is 43.5 Å². The van der Waals surface area contributed by atoms with Gasteiger partial charge in [0.15, 0.2) is 0 Å². The Bertz CT molecular complexity index is 1600. The minimum absolute atomic E-state index is 0. The monoisotopic (exact) mass is 614 g/mol. The van der Waals surface area contributed by atoms with Crippen LogP contribution in [0, 0.1) is 0 Å². The van der Waals surface area contributed by atoms with Crippen LogP contribution in [-0.2, 0) is 19.3 Å². The number of nitrogens with two attached hydrogens (primary N) is 1. The largest absolute Gasteiger partial charge is 1.00 e. The molecule has 0 spiro atoms. The van der Waals surface area contributed by atoms with Crippen LogP contribution in [0.4, 0.5) is 41.6 Å². The Balaban J connectivity index is 0.00000506. The quantitative estimate of drug-likeness (QED) is 0.176. The molecule has 0 aromatic heterocycles. The Labute approximate surface area is 252 Å². The molecular formula is C31H30ClF3N4O4. The van der Waals surface area contributed by atoms with Crippen molar-refractivity contribution in [2.75, 3.05) is 29.6 Å². The minimum atomic E-state index is -4.66. The number of alkyl halides is 3. The number of para-hydroxylation sites is 1. The number of hydrogen-bond donors (Lipinski definition) is 5. The highest BCUT2D eigenvalue weighted by Gasteiger charge is 2.31. The van der Waals surface area contributed by atoms with Crippen LogP contribution in [0.25, 0.3) is 0 Å². The van der Waals surface area contributed by atoms with Crippen LogP contribution in [0.1, 0.15) is 37.4 Å². The number of halogens is 4. The number of nitrogens with zero attached hydrogens (tertiary/aromatic N) is 1. The second kappa shape index (κ2) is 14.0. The van der Waals surface area contributed by atoms with Crippen molar-refractivity contribution in [1.29, 1.82) is 0 Å². The predicted molar refractivity (Wildman–Crippen MR) is 155 cm³/mol. The van der Waals surface area contributed by atoms with Gasteiger partial charge in [0.05, 0.1) is 39.4 Å². The molecule has 0 aliphatic heterocycles. The van der Waals surface area contributed by atoms with E-state index in [0.717, 1.165) is 28.9 Å². The summed E-state index contributed by atoms with van der Waals surface area (Å²) in [7, 11) is 3.92. The number of carboxylic acid groups (broad SMARTS) is 2. The van der Waals surface area contributed by atoms with E-state index in [2.05, 4.69) is 10.6 Å². The van der Waals surface area contributed by atoms with E-state index in [4.69, 9.17) is 0 Å². The highest BCUT2D eigenvalue weighted by atomic mass is 35.5. The molecule has 4 aromatic rings. The number of anilines is 5. The van der Waals surface area contributed by atoms with Gasteiger partial charge in [0.1, 0.15) is 13.1 Å². The molecular weight excluding hydrogens is 585 g/mol. The van der Waals surface area contributed by atoms with E-state index in [9.17, 15) is 33.0 Å². The van der Waals surface area contributed by atoms with Crippen LogP contribution in [0.5, 0.6) is 0 Å². The molecule has 0 aliphatic carbocycles. The standard InChI is InChI=1S/C31H29F3N4O4.ClH/c1-38(2)22-11-7-19(8-12-22)17-35-18-20-9-13-26(24(15-20)30(41)42)37-28-16-21(31(32,33)34)10-14-27(28)36-25-6-4-3-5-23(25)29(39)40;/h3-16,35-37H,17-18H2,1-2H3,(H,39,40)(H,41,42);1H. The van der Waals surface area contributed by atoms with Gasteiger partial charge in [-0.15, -0.1) is 0 Å². The molecule has 0 atom stereocenters. The molecule has 0 saturated heterocycles. The summed E-state index contributed by atoms with van der Waals surface area (Å²) in [6, 6.07) is 21.6. The van der Waals surface area contributed by atoms with Crippen molar-refractivity contribution in [3.63, 3.8) is 0 Å². The number of aromatic carboxylic acids is 2. The average molecular weight is 615 g/mol. The van der Waals surface area contributed by atoms with Crippen molar-refractivity contribution in [2.24, 2.45) is 0 Å². The van der Waals surface area contributed by atoms with Crippen LogP contribution in [0.15, 0.2) is 84.9 Å². The molecule has 226 valence electrons. The molecule has 43 heavy (non-hydrogen) atoms. The third kappa shape index (κ3) is 8.40. The number of nitrogens with one attached hydrogen (secondary N) is 2. The molecule has 0 aliphatic rings. The Morgan fingerprint density at radius 2 is 1.28 bits per heavy atom. The molecule has 12 heteroatoms. The second-order valence-corrected chi connectivity index (χ2v) is 9.80. The Morgan fingerprint density at radius 1 is 0.721 bits per heavy atom. The summed E-state index contributed by atoms with van der Waals surface area (Å²) >= 11 is 0. The van der Waals surface area contributed by atoms with E-state index >= 15 is 0 Å². The van der Waals surface area contributed by atoms with Gasteiger partial charge in [0.25, 0.3) is 0 Å². The van der Waals surface area contributed by atoms with E-state index in [1.54, 1.807) is 12.1 Å². The van der Waals surface area contributed by atoms with Crippen LogP contribution in [0.2, 0.25) is 0 Å². The SMILES string of the molecule is CN(C)c1ccc(C[NH2+]Cc2ccc(Nc3cc(C(F)(F)F)ccc3Nc3ccccc3C(=O)O)c(C(=O)O)c2)cc1.[Cl-]. The summed E-state index contributed by atoms with van der Waals surface area (Å²) in [5, 5.41) is 27.1. The molecule has 0 fully saturated rings. The molecule has 0 heterocycles. The lowest BCUT2D eigenvalue weighted by Crippen LogP contribution is -3.00. The zero-order valence-corrected chi connectivity index (χ0v) is 24.0. The molecule has 0 radical (unpaired) electrons.